The second-order valence-electron chi connectivity index (χ2n) is 3.74. The minimum Gasteiger partial charge on any atom is -0.383 e. The zero-order valence-electron chi connectivity index (χ0n) is 8.31. The molecule has 0 radical (unpaired) electrons. The molecular formula is C9H9IN6. The van der Waals surface area contributed by atoms with E-state index in [9.17, 15) is 0 Å². The summed E-state index contributed by atoms with van der Waals surface area (Å²) in [6.07, 6.45) is 3.80. The monoisotopic (exact) mass is 328 g/mol. The van der Waals surface area contributed by atoms with Crippen LogP contribution in [0.3, 0.4) is 0 Å². The molecule has 0 atom stereocenters. The first kappa shape index (κ1) is 9.94. The van der Waals surface area contributed by atoms with E-state index in [0.717, 1.165) is 9.26 Å². The molecule has 2 aromatic heterocycles. The van der Waals surface area contributed by atoms with Crippen LogP contribution in [0.4, 0.5) is 5.82 Å². The van der Waals surface area contributed by atoms with Crippen LogP contribution < -0.4 is 5.73 Å². The van der Waals surface area contributed by atoms with Crippen LogP contribution in [0.15, 0.2) is 6.33 Å². The van der Waals surface area contributed by atoms with E-state index in [4.69, 9.17) is 5.73 Å². The SMILES string of the molecule is Nc1nc(-c2ncn[nH]2)nc(C2CC2)c1I. The minimum absolute atomic E-state index is 0.517. The van der Waals surface area contributed by atoms with Crippen molar-refractivity contribution in [1.29, 1.82) is 0 Å². The van der Waals surface area contributed by atoms with E-state index in [-0.39, 0.29) is 0 Å². The van der Waals surface area contributed by atoms with Crippen LogP contribution in [0.1, 0.15) is 24.5 Å². The van der Waals surface area contributed by atoms with E-state index in [0.29, 0.717) is 23.4 Å². The van der Waals surface area contributed by atoms with Crippen molar-refractivity contribution in [2.45, 2.75) is 18.8 Å². The molecule has 0 aliphatic heterocycles. The Morgan fingerprint density at radius 2 is 2.19 bits per heavy atom. The van der Waals surface area contributed by atoms with E-state index in [1.807, 2.05) is 0 Å². The lowest BCUT2D eigenvalue weighted by atomic mass is 10.2. The second-order valence-corrected chi connectivity index (χ2v) is 4.82. The summed E-state index contributed by atoms with van der Waals surface area (Å²) in [5.41, 5.74) is 6.91. The van der Waals surface area contributed by atoms with E-state index in [2.05, 4.69) is 47.7 Å². The Bertz CT molecular complexity index is 519. The Balaban J connectivity index is 2.13. The van der Waals surface area contributed by atoms with Crippen molar-refractivity contribution in [3.05, 3.63) is 15.6 Å². The van der Waals surface area contributed by atoms with Gasteiger partial charge in [0.2, 0.25) is 0 Å². The average molecular weight is 328 g/mol. The molecule has 0 bridgehead atoms. The summed E-state index contributed by atoms with van der Waals surface area (Å²) >= 11 is 2.20. The molecule has 82 valence electrons. The van der Waals surface area contributed by atoms with Gasteiger partial charge in [0.15, 0.2) is 11.6 Å². The Hall–Kier alpha value is -1.25. The zero-order chi connectivity index (χ0) is 11.1. The second kappa shape index (κ2) is 3.65. The van der Waals surface area contributed by atoms with Gasteiger partial charge in [0.1, 0.15) is 12.1 Å². The van der Waals surface area contributed by atoms with Crippen molar-refractivity contribution in [2.24, 2.45) is 0 Å². The number of hydrogen-bond acceptors (Lipinski definition) is 5. The highest BCUT2D eigenvalue weighted by molar-refractivity contribution is 14.1. The molecule has 0 unspecified atom stereocenters. The van der Waals surface area contributed by atoms with Crippen molar-refractivity contribution in [2.75, 3.05) is 5.73 Å². The Morgan fingerprint density at radius 3 is 2.81 bits per heavy atom. The van der Waals surface area contributed by atoms with Crippen molar-refractivity contribution in [1.82, 2.24) is 25.1 Å². The fourth-order valence-corrected chi connectivity index (χ4v) is 2.21. The maximum atomic E-state index is 5.87. The molecule has 0 saturated heterocycles. The van der Waals surface area contributed by atoms with Crippen LogP contribution in [0.2, 0.25) is 0 Å². The number of hydrogen-bond donors (Lipinski definition) is 2. The molecular weight excluding hydrogens is 319 g/mol. The molecule has 1 aliphatic carbocycles. The summed E-state index contributed by atoms with van der Waals surface area (Å²) in [6.45, 7) is 0. The summed E-state index contributed by atoms with van der Waals surface area (Å²) in [5, 5.41) is 6.52. The standard InChI is InChI=1S/C9H9IN6/c10-5-6(4-1-2-4)14-9(15-7(5)11)8-12-3-13-16-8/h3-4H,1-2H2,(H2,11,14,15)(H,12,13,16). The summed E-state index contributed by atoms with van der Waals surface area (Å²) in [6, 6.07) is 0. The Labute approximate surface area is 105 Å². The highest BCUT2D eigenvalue weighted by Crippen LogP contribution is 2.42. The first-order chi connectivity index (χ1) is 7.75. The van der Waals surface area contributed by atoms with Gasteiger partial charge in [-0.3, -0.25) is 5.10 Å². The highest BCUT2D eigenvalue weighted by atomic mass is 127. The fourth-order valence-electron chi connectivity index (χ4n) is 1.53. The quantitative estimate of drug-likeness (QED) is 0.811. The lowest BCUT2D eigenvalue weighted by molar-refractivity contribution is 0.966. The smallest absolute Gasteiger partial charge is 0.199 e. The average Bonchev–Trinajstić information content (AvgIpc) is 2.96. The molecule has 3 rings (SSSR count). The molecule has 1 aliphatic rings. The number of anilines is 1. The minimum atomic E-state index is 0.517. The van der Waals surface area contributed by atoms with E-state index >= 15 is 0 Å². The number of halogens is 1. The molecule has 7 heteroatoms. The fraction of sp³-hybridized carbons (Fsp3) is 0.333. The molecule has 0 aromatic carbocycles. The third-order valence-corrected chi connectivity index (χ3v) is 3.60. The maximum absolute atomic E-state index is 5.87. The number of aromatic amines is 1. The Morgan fingerprint density at radius 1 is 1.38 bits per heavy atom. The van der Waals surface area contributed by atoms with Gasteiger partial charge in [0.05, 0.1) is 9.26 Å². The molecule has 16 heavy (non-hydrogen) atoms. The van der Waals surface area contributed by atoms with Crippen molar-refractivity contribution < 1.29 is 0 Å². The number of nitrogen functional groups attached to an aromatic ring is 1. The zero-order valence-corrected chi connectivity index (χ0v) is 10.5. The van der Waals surface area contributed by atoms with Gasteiger partial charge in [-0.1, -0.05) is 0 Å². The third kappa shape index (κ3) is 1.64. The van der Waals surface area contributed by atoms with Gasteiger partial charge >= 0.3 is 0 Å². The molecule has 2 heterocycles. The van der Waals surface area contributed by atoms with Crippen LogP contribution in [0.25, 0.3) is 11.6 Å². The van der Waals surface area contributed by atoms with Gasteiger partial charge in [0.25, 0.3) is 0 Å². The van der Waals surface area contributed by atoms with Crippen LogP contribution in [-0.2, 0) is 0 Å². The van der Waals surface area contributed by atoms with Crippen molar-refractivity contribution in [3.8, 4) is 11.6 Å². The van der Waals surface area contributed by atoms with Crippen LogP contribution in [-0.4, -0.2) is 25.1 Å². The first-order valence-electron chi connectivity index (χ1n) is 4.94. The largest absolute Gasteiger partial charge is 0.383 e. The number of H-pyrrole nitrogens is 1. The molecule has 1 fully saturated rings. The number of nitrogens with zero attached hydrogens (tertiary/aromatic N) is 4. The summed E-state index contributed by atoms with van der Waals surface area (Å²) in [5.74, 6) is 2.14. The van der Waals surface area contributed by atoms with E-state index in [1.54, 1.807) is 0 Å². The summed E-state index contributed by atoms with van der Waals surface area (Å²) in [4.78, 5) is 12.7. The molecule has 1 saturated carbocycles. The van der Waals surface area contributed by atoms with E-state index in [1.165, 1.54) is 19.2 Å². The molecule has 0 spiro atoms. The van der Waals surface area contributed by atoms with Gasteiger partial charge in [-0.2, -0.15) is 5.10 Å². The Kier molecular flexibility index (Phi) is 2.27. The normalized spacial score (nSPS) is 15.3. The molecule has 3 N–H and O–H groups in total. The lowest BCUT2D eigenvalue weighted by Crippen LogP contribution is -2.04. The third-order valence-electron chi connectivity index (χ3n) is 2.49. The lowest BCUT2D eigenvalue weighted by Gasteiger charge is -2.06. The summed E-state index contributed by atoms with van der Waals surface area (Å²) < 4.78 is 0.961. The van der Waals surface area contributed by atoms with Crippen LogP contribution in [0, 0.1) is 3.57 Å². The van der Waals surface area contributed by atoms with Gasteiger partial charge < -0.3 is 5.73 Å². The maximum Gasteiger partial charge on any atom is 0.199 e. The summed E-state index contributed by atoms with van der Waals surface area (Å²) in [7, 11) is 0. The predicted octanol–water partition coefficient (Wildman–Crippen LogP) is 1.33. The van der Waals surface area contributed by atoms with Gasteiger partial charge in [-0.15, -0.1) is 0 Å². The van der Waals surface area contributed by atoms with Gasteiger partial charge in [-0.05, 0) is 35.4 Å². The highest BCUT2D eigenvalue weighted by Gasteiger charge is 2.29. The topological polar surface area (TPSA) is 93.4 Å². The number of nitrogens with two attached hydrogens (primary N) is 1. The van der Waals surface area contributed by atoms with Crippen molar-refractivity contribution in [3.63, 3.8) is 0 Å². The first-order valence-corrected chi connectivity index (χ1v) is 6.02. The number of nitrogens with one attached hydrogen (secondary N) is 1. The number of rotatable bonds is 2. The van der Waals surface area contributed by atoms with Gasteiger partial charge in [0, 0.05) is 5.92 Å². The van der Waals surface area contributed by atoms with E-state index < -0.39 is 0 Å². The molecule has 6 nitrogen and oxygen atoms in total. The van der Waals surface area contributed by atoms with Crippen LogP contribution in [0.5, 0.6) is 0 Å². The molecule has 2 aromatic rings. The van der Waals surface area contributed by atoms with Crippen molar-refractivity contribution >= 4 is 28.4 Å². The predicted molar refractivity (Wildman–Crippen MR) is 66.5 cm³/mol. The number of aromatic nitrogens is 5. The van der Waals surface area contributed by atoms with Gasteiger partial charge in [-0.25, -0.2) is 15.0 Å². The van der Waals surface area contributed by atoms with Crippen LogP contribution >= 0.6 is 22.6 Å². The molecule has 0 amide bonds.